The molecule has 1 atom stereocenters. The van der Waals surface area contributed by atoms with Gasteiger partial charge < -0.3 is 5.32 Å². The predicted octanol–water partition coefficient (Wildman–Crippen LogP) is 4.39. The van der Waals surface area contributed by atoms with Crippen LogP contribution >= 0.6 is 0 Å². The van der Waals surface area contributed by atoms with Crippen molar-refractivity contribution >= 4 is 22.2 Å². The number of benzene rings is 2. The Kier molecular flexibility index (Phi) is 5.06. The lowest BCUT2D eigenvalue weighted by Gasteiger charge is -2.13. The maximum absolute atomic E-state index is 13.4. The smallest absolute Gasteiger partial charge is 0.316 e. The van der Waals surface area contributed by atoms with Crippen molar-refractivity contribution in [2.75, 3.05) is 5.32 Å². The number of nitriles is 1. The van der Waals surface area contributed by atoms with Gasteiger partial charge in [-0.3, -0.25) is 0 Å². The van der Waals surface area contributed by atoms with Gasteiger partial charge >= 0.3 is 5.76 Å². The molecule has 23 heavy (non-hydrogen) atoms. The Morgan fingerprint density at radius 3 is 2.48 bits per heavy atom. The fraction of sp³-hybridized carbons (Fsp3) is 0.188. The van der Waals surface area contributed by atoms with Crippen molar-refractivity contribution in [2.24, 2.45) is 0 Å². The molecule has 0 saturated carbocycles. The predicted molar refractivity (Wildman–Crippen MR) is 82.7 cm³/mol. The summed E-state index contributed by atoms with van der Waals surface area (Å²) in [6, 6.07) is 8.89. The van der Waals surface area contributed by atoms with Crippen LogP contribution in [0.25, 0.3) is 0 Å². The Hall–Kier alpha value is -2.33. The number of halogens is 3. The molecule has 2 aromatic rings. The molecule has 2 aromatic carbocycles. The van der Waals surface area contributed by atoms with E-state index in [9.17, 15) is 22.6 Å². The third kappa shape index (κ3) is 3.71. The van der Waals surface area contributed by atoms with E-state index in [0.29, 0.717) is 16.9 Å². The molecule has 0 saturated heterocycles. The molecule has 0 spiro atoms. The maximum atomic E-state index is 13.4. The lowest BCUT2D eigenvalue weighted by atomic mass is 10.1. The van der Waals surface area contributed by atoms with Crippen LogP contribution in [0.15, 0.2) is 35.2 Å². The minimum absolute atomic E-state index is 0.0856. The third-order valence-corrected chi connectivity index (χ3v) is 4.43. The molecule has 1 unspecified atom stereocenters. The Bertz CT molecular complexity index is 795. The van der Waals surface area contributed by atoms with Gasteiger partial charge in [0.25, 0.3) is 0 Å². The summed E-state index contributed by atoms with van der Waals surface area (Å²) >= 11 is 0. The van der Waals surface area contributed by atoms with Crippen molar-refractivity contribution in [1.29, 1.82) is 5.26 Å². The molecule has 7 heteroatoms. The van der Waals surface area contributed by atoms with Crippen LogP contribution in [0.1, 0.15) is 16.7 Å². The molecular weight excluding hydrogens is 325 g/mol. The summed E-state index contributed by atoms with van der Waals surface area (Å²) in [4.78, 5) is -0.0856. The first-order valence-corrected chi connectivity index (χ1v) is 7.81. The lowest BCUT2D eigenvalue weighted by Crippen LogP contribution is -2.07. The van der Waals surface area contributed by atoms with Gasteiger partial charge in [-0.1, -0.05) is 0 Å². The van der Waals surface area contributed by atoms with Crippen LogP contribution in [0.2, 0.25) is 0 Å². The first-order valence-electron chi connectivity index (χ1n) is 6.60. The van der Waals surface area contributed by atoms with E-state index in [1.807, 2.05) is 6.07 Å². The lowest BCUT2D eigenvalue weighted by molar-refractivity contribution is 0.244. The molecule has 1 N–H and O–H groups in total. The van der Waals surface area contributed by atoms with Crippen LogP contribution in [-0.4, -0.2) is 9.97 Å². The minimum Gasteiger partial charge on any atom is -0.354 e. The number of alkyl halides is 2. The number of nitrogens with one attached hydrogen (secondary N) is 1. The van der Waals surface area contributed by atoms with E-state index in [1.165, 1.54) is 31.2 Å². The molecule has 120 valence electrons. The molecule has 0 fully saturated rings. The molecule has 0 aliphatic rings. The number of aryl methyl sites for hydroxylation is 1. The molecule has 0 heterocycles. The Labute approximate surface area is 134 Å². The second kappa shape index (κ2) is 6.84. The quantitative estimate of drug-likeness (QED) is 0.899. The molecule has 0 amide bonds. The zero-order valence-electron chi connectivity index (χ0n) is 12.4. The number of hydrogen-bond donors (Lipinski definition) is 1. The van der Waals surface area contributed by atoms with E-state index in [2.05, 4.69) is 5.32 Å². The van der Waals surface area contributed by atoms with Crippen LogP contribution in [0.4, 0.5) is 24.5 Å². The van der Waals surface area contributed by atoms with E-state index in [0.717, 1.165) is 0 Å². The fourth-order valence-electron chi connectivity index (χ4n) is 2.22. The topological polar surface area (TPSA) is 52.9 Å². The van der Waals surface area contributed by atoms with Gasteiger partial charge in [0, 0.05) is 10.6 Å². The van der Waals surface area contributed by atoms with Gasteiger partial charge in [0.1, 0.15) is 22.7 Å². The highest BCUT2D eigenvalue weighted by molar-refractivity contribution is 7.85. The fourth-order valence-corrected chi connectivity index (χ4v) is 3.02. The molecule has 0 aromatic heterocycles. The van der Waals surface area contributed by atoms with Crippen LogP contribution in [0, 0.1) is 31.0 Å². The van der Waals surface area contributed by atoms with Gasteiger partial charge in [-0.25, -0.2) is 8.60 Å². The summed E-state index contributed by atoms with van der Waals surface area (Å²) in [6.45, 7) is 3.18. The molecular formula is C16H13F3N2OS. The van der Waals surface area contributed by atoms with E-state index >= 15 is 0 Å². The molecule has 0 bridgehead atoms. The maximum Gasteiger partial charge on any atom is 0.316 e. The van der Waals surface area contributed by atoms with Crippen molar-refractivity contribution in [3.05, 3.63) is 52.8 Å². The molecule has 2 rings (SSSR count). The van der Waals surface area contributed by atoms with Crippen LogP contribution in [0.3, 0.4) is 0 Å². The minimum atomic E-state index is -3.02. The van der Waals surface area contributed by atoms with Crippen molar-refractivity contribution in [3.63, 3.8) is 0 Å². The summed E-state index contributed by atoms with van der Waals surface area (Å²) in [7, 11) is -2.49. The molecule has 0 aliphatic heterocycles. The standard InChI is InChI=1S/C16H13F3N2OS/c1-9-5-11(17)7-12(6-9)21-14-3-4-15(23(22)16(18)19)10(2)13(14)8-20/h3-7,16,21H,1-2H3. The second-order valence-corrected chi connectivity index (χ2v) is 6.31. The number of hydrogen-bond acceptors (Lipinski definition) is 3. The number of nitrogens with zero attached hydrogens (tertiary/aromatic N) is 1. The van der Waals surface area contributed by atoms with E-state index in [4.69, 9.17) is 0 Å². The zero-order chi connectivity index (χ0) is 17.1. The highest BCUT2D eigenvalue weighted by Gasteiger charge is 2.21. The molecule has 3 nitrogen and oxygen atoms in total. The summed E-state index contributed by atoms with van der Waals surface area (Å²) in [5.74, 6) is -3.46. The van der Waals surface area contributed by atoms with Gasteiger partial charge in [-0.15, -0.1) is 0 Å². The van der Waals surface area contributed by atoms with Gasteiger partial charge in [0.15, 0.2) is 0 Å². The Balaban J connectivity index is 2.46. The van der Waals surface area contributed by atoms with Crippen LogP contribution in [0.5, 0.6) is 0 Å². The van der Waals surface area contributed by atoms with Crippen molar-refractivity contribution in [2.45, 2.75) is 24.5 Å². The summed E-state index contributed by atoms with van der Waals surface area (Å²) in [5.41, 5.74) is 1.77. The highest BCUT2D eigenvalue weighted by atomic mass is 32.2. The average molecular weight is 338 g/mol. The Morgan fingerprint density at radius 2 is 1.91 bits per heavy atom. The zero-order valence-corrected chi connectivity index (χ0v) is 13.2. The Morgan fingerprint density at radius 1 is 1.22 bits per heavy atom. The van der Waals surface area contributed by atoms with Crippen LogP contribution < -0.4 is 5.32 Å². The number of anilines is 2. The molecule has 0 aliphatic carbocycles. The van der Waals surface area contributed by atoms with Gasteiger partial charge in [-0.05, 0) is 55.3 Å². The van der Waals surface area contributed by atoms with Crippen LogP contribution in [-0.2, 0) is 10.8 Å². The molecule has 0 radical (unpaired) electrons. The van der Waals surface area contributed by atoms with Gasteiger partial charge in [0.05, 0.1) is 11.3 Å². The van der Waals surface area contributed by atoms with Crippen molar-refractivity contribution in [3.8, 4) is 6.07 Å². The van der Waals surface area contributed by atoms with E-state index < -0.39 is 22.4 Å². The normalized spacial score (nSPS) is 12.0. The highest BCUT2D eigenvalue weighted by Crippen LogP contribution is 2.29. The van der Waals surface area contributed by atoms with Gasteiger partial charge in [0.2, 0.25) is 0 Å². The first-order chi connectivity index (χ1) is 10.8. The van der Waals surface area contributed by atoms with Crippen molar-refractivity contribution in [1.82, 2.24) is 0 Å². The summed E-state index contributed by atoms with van der Waals surface area (Å²) in [6.07, 6.45) is 0. The monoisotopic (exact) mass is 338 g/mol. The van der Waals surface area contributed by atoms with Gasteiger partial charge in [-0.2, -0.15) is 14.0 Å². The van der Waals surface area contributed by atoms with Crippen molar-refractivity contribution < 1.29 is 17.4 Å². The summed E-state index contributed by atoms with van der Waals surface area (Å²) in [5, 5.41) is 12.2. The second-order valence-electron chi connectivity index (χ2n) is 4.92. The SMILES string of the molecule is Cc1cc(F)cc(Nc2ccc(S(=O)C(F)F)c(C)c2C#N)c1. The van der Waals surface area contributed by atoms with E-state index in [1.54, 1.807) is 13.0 Å². The number of rotatable bonds is 4. The van der Waals surface area contributed by atoms with E-state index in [-0.39, 0.29) is 16.0 Å². The first kappa shape index (κ1) is 17.0. The third-order valence-electron chi connectivity index (χ3n) is 3.23. The average Bonchev–Trinajstić information content (AvgIpc) is 2.46. The largest absolute Gasteiger partial charge is 0.354 e. The summed E-state index contributed by atoms with van der Waals surface area (Å²) < 4.78 is 50.2.